The van der Waals surface area contributed by atoms with Crippen LogP contribution in [-0.2, 0) is 0 Å². The summed E-state index contributed by atoms with van der Waals surface area (Å²) < 4.78 is 0. The summed E-state index contributed by atoms with van der Waals surface area (Å²) in [4.78, 5) is 10.8. The molecule has 0 aliphatic heterocycles. The Morgan fingerprint density at radius 3 is 2.89 bits per heavy atom. The zero-order valence-electron chi connectivity index (χ0n) is 11.5. The van der Waals surface area contributed by atoms with Crippen LogP contribution in [0.4, 0.5) is 16.2 Å². The lowest BCUT2D eigenvalue weighted by atomic mass is 9.82. The van der Waals surface area contributed by atoms with Crippen molar-refractivity contribution in [2.45, 2.75) is 32.6 Å². The van der Waals surface area contributed by atoms with E-state index in [4.69, 9.17) is 5.73 Å². The lowest BCUT2D eigenvalue weighted by Gasteiger charge is -2.27. The molecule has 0 radical (unpaired) electrons. The standard InChI is InChI=1S/C15H23N3O/c1-11-4-2-5-12(8-11)10-17-13-6-3-7-14(9-13)18-15(16)19/h3,6-7,9,11-12,17H,2,4-5,8,10H2,1H3,(H3,16,18,19). The fraction of sp³-hybridized carbons (Fsp3) is 0.533. The van der Waals surface area contributed by atoms with Crippen molar-refractivity contribution in [2.24, 2.45) is 17.6 Å². The molecule has 0 heterocycles. The highest BCUT2D eigenvalue weighted by atomic mass is 16.2. The monoisotopic (exact) mass is 261 g/mol. The smallest absolute Gasteiger partial charge is 0.316 e. The minimum atomic E-state index is -0.529. The van der Waals surface area contributed by atoms with Crippen molar-refractivity contribution in [3.05, 3.63) is 24.3 Å². The van der Waals surface area contributed by atoms with E-state index in [1.165, 1.54) is 25.7 Å². The van der Waals surface area contributed by atoms with Crippen LogP contribution in [0, 0.1) is 11.8 Å². The van der Waals surface area contributed by atoms with Crippen LogP contribution < -0.4 is 16.4 Å². The van der Waals surface area contributed by atoms with E-state index in [2.05, 4.69) is 17.6 Å². The Balaban J connectivity index is 1.86. The van der Waals surface area contributed by atoms with Crippen molar-refractivity contribution in [1.29, 1.82) is 0 Å². The Morgan fingerprint density at radius 2 is 2.16 bits per heavy atom. The van der Waals surface area contributed by atoms with E-state index >= 15 is 0 Å². The largest absolute Gasteiger partial charge is 0.385 e. The average Bonchev–Trinajstić information content (AvgIpc) is 2.36. The van der Waals surface area contributed by atoms with Gasteiger partial charge in [-0.2, -0.15) is 0 Å². The molecule has 0 spiro atoms. The number of nitrogens with two attached hydrogens (primary N) is 1. The molecule has 2 rings (SSSR count). The van der Waals surface area contributed by atoms with Crippen LogP contribution >= 0.6 is 0 Å². The molecule has 0 bridgehead atoms. The highest BCUT2D eigenvalue weighted by molar-refractivity contribution is 5.88. The van der Waals surface area contributed by atoms with Gasteiger partial charge in [0.2, 0.25) is 0 Å². The number of carbonyl (C=O) groups is 1. The van der Waals surface area contributed by atoms with Gasteiger partial charge in [-0.25, -0.2) is 4.79 Å². The third-order valence-electron chi connectivity index (χ3n) is 3.77. The van der Waals surface area contributed by atoms with E-state index < -0.39 is 6.03 Å². The summed E-state index contributed by atoms with van der Waals surface area (Å²) in [5.74, 6) is 1.61. The van der Waals surface area contributed by atoms with Crippen molar-refractivity contribution in [3.63, 3.8) is 0 Å². The maximum absolute atomic E-state index is 10.8. The summed E-state index contributed by atoms with van der Waals surface area (Å²) >= 11 is 0. The van der Waals surface area contributed by atoms with Gasteiger partial charge < -0.3 is 16.4 Å². The van der Waals surface area contributed by atoms with Gasteiger partial charge in [0.25, 0.3) is 0 Å². The van der Waals surface area contributed by atoms with Crippen molar-refractivity contribution in [2.75, 3.05) is 17.2 Å². The van der Waals surface area contributed by atoms with Crippen molar-refractivity contribution in [1.82, 2.24) is 0 Å². The molecule has 2 atom stereocenters. The van der Waals surface area contributed by atoms with E-state index in [1.54, 1.807) is 0 Å². The van der Waals surface area contributed by atoms with Gasteiger partial charge in [0.1, 0.15) is 0 Å². The minimum absolute atomic E-state index is 0.529. The lowest BCUT2D eigenvalue weighted by Crippen LogP contribution is -2.21. The first-order valence-corrected chi connectivity index (χ1v) is 7.04. The third-order valence-corrected chi connectivity index (χ3v) is 3.77. The molecular formula is C15H23N3O. The van der Waals surface area contributed by atoms with Crippen molar-refractivity contribution < 1.29 is 4.79 Å². The van der Waals surface area contributed by atoms with Crippen LogP contribution in [-0.4, -0.2) is 12.6 Å². The highest BCUT2D eigenvalue weighted by Crippen LogP contribution is 2.28. The fourth-order valence-corrected chi connectivity index (χ4v) is 2.86. The first kappa shape index (κ1) is 13.7. The second-order valence-corrected chi connectivity index (χ2v) is 5.59. The predicted molar refractivity (Wildman–Crippen MR) is 79.3 cm³/mol. The Bertz CT molecular complexity index is 433. The molecule has 1 aromatic carbocycles. The number of urea groups is 1. The molecule has 0 aromatic heterocycles. The van der Waals surface area contributed by atoms with E-state index in [0.29, 0.717) is 0 Å². The number of hydrogen-bond donors (Lipinski definition) is 3. The quantitative estimate of drug-likeness (QED) is 0.777. The Kier molecular flexibility index (Phi) is 4.66. The second-order valence-electron chi connectivity index (χ2n) is 5.59. The van der Waals surface area contributed by atoms with Crippen LogP contribution in [0.5, 0.6) is 0 Å². The van der Waals surface area contributed by atoms with Gasteiger partial charge in [-0.05, 0) is 42.9 Å². The summed E-state index contributed by atoms with van der Waals surface area (Å²) in [6, 6.07) is 7.14. The number of benzene rings is 1. The minimum Gasteiger partial charge on any atom is -0.385 e. The number of carbonyl (C=O) groups excluding carboxylic acids is 1. The molecule has 2 amide bonds. The van der Waals surface area contributed by atoms with Gasteiger partial charge in [-0.3, -0.25) is 0 Å². The molecule has 1 aromatic rings. The van der Waals surface area contributed by atoms with E-state index in [-0.39, 0.29) is 0 Å². The van der Waals surface area contributed by atoms with Gasteiger partial charge in [-0.15, -0.1) is 0 Å². The van der Waals surface area contributed by atoms with Crippen LogP contribution in [0.25, 0.3) is 0 Å². The number of hydrogen-bond acceptors (Lipinski definition) is 2. The molecule has 1 aliphatic carbocycles. The van der Waals surface area contributed by atoms with Gasteiger partial charge >= 0.3 is 6.03 Å². The number of primary amides is 1. The summed E-state index contributed by atoms with van der Waals surface area (Å²) in [6.07, 6.45) is 5.34. The van der Waals surface area contributed by atoms with Crippen LogP contribution in [0.2, 0.25) is 0 Å². The number of nitrogens with one attached hydrogen (secondary N) is 2. The Hall–Kier alpha value is -1.71. The van der Waals surface area contributed by atoms with E-state index in [1.807, 2.05) is 24.3 Å². The lowest BCUT2D eigenvalue weighted by molar-refractivity contribution is 0.259. The van der Waals surface area contributed by atoms with Crippen LogP contribution in [0.3, 0.4) is 0 Å². The number of anilines is 2. The molecular weight excluding hydrogens is 238 g/mol. The molecule has 2 unspecified atom stereocenters. The highest BCUT2D eigenvalue weighted by Gasteiger charge is 2.18. The van der Waals surface area contributed by atoms with Crippen molar-refractivity contribution >= 4 is 17.4 Å². The van der Waals surface area contributed by atoms with E-state index in [0.717, 1.165) is 29.8 Å². The molecule has 1 aliphatic rings. The van der Waals surface area contributed by atoms with E-state index in [9.17, 15) is 4.79 Å². The second kappa shape index (κ2) is 6.45. The maximum Gasteiger partial charge on any atom is 0.316 e. The van der Waals surface area contributed by atoms with Crippen molar-refractivity contribution in [3.8, 4) is 0 Å². The Labute approximate surface area is 114 Å². The summed E-state index contributed by atoms with van der Waals surface area (Å²) in [7, 11) is 0. The summed E-state index contributed by atoms with van der Waals surface area (Å²) in [5, 5.41) is 6.05. The normalized spacial score (nSPS) is 22.8. The van der Waals surface area contributed by atoms with Gasteiger partial charge in [0.15, 0.2) is 0 Å². The molecule has 104 valence electrons. The summed E-state index contributed by atoms with van der Waals surface area (Å²) in [5.41, 5.74) is 6.87. The van der Waals surface area contributed by atoms with Gasteiger partial charge in [-0.1, -0.05) is 25.8 Å². The molecule has 4 nitrogen and oxygen atoms in total. The summed E-state index contributed by atoms with van der Waals surface area (Å²) in [6.45, 7) is 3.34. The zero-order chi connectivity index (χ0) is 13.7. The maximum atomic E-state index is 10.8. The number of amides is 2. The average molecular weight is 261 g/mol. The predicted octanol–water partition coefficient (Wildman–Crippen LogP) is 3.42. The molecule has 4 heteroatoms. The topological polar surface area (TPSA) is 67.2 Å². The zero-order valence-corrected chi connectivity index (χ0v) is 11.5. The molecule has 4 N–H and O–H groups in total. The molecule has 1 fully saturated rings. The Morgan fingerprint density at radius 1 is 1.37 bits per heavy atom. The van der Waals surface area contributed by atoms with Crippen LogP contribution in [0.15, 0.2) is 24.3 Å². The molecule has 19 heavy (non-hydrogen) atoms. The van der Waals surface area contributed by atoms with Gasteiger partial charge in [0.05, 0.1) is 0 Å². The SMILES string of the molecule is CC1CCCC(CNc2cccc(NC(N)=O)c2)C1. The fourth-order valence-electron chi connectivity index (χ4n) is 2.86. The van der Waals surface area contributed by atoms with Gasteiger partial charge in [0, 0.05) is 17.9 Å². The molecule has 1 saturated carbocycles. The van der Waals surface area contributed by atoms with Crippen LogP contribution in [0.1, 0.15) is 32.6 Å². The first-order valence-electron chi connectivity index (χ1n) is 7.04. The molecule has 0 saturated heterocycles. The number of rotatable bonds is 4. The third kappa shape index (κ3) is 4.47. The first-order chi connectivity index (χ1) is 9.13.